The Morgan fingerprint density at radius 1 is 1.47 bits per heavy atom. The highest BCUT2D eigenvalue weighted by atomic mass is 16.6. The van der Waals surface area contributed by atoms with Gasteiger partial charge in [0.15, 0.2) is 0 Å². The molecule has 0 atom stereocenters. The molecule has 1 aromatic carbocycles. The molecule has 0 fully saturated rings. The van der Waals surface area contributed by atoms with Crippen LogP contribution in [0.1, 0.15) is 15.9 Å². The van der Waals surface area contributed by atoms with Gasteiger partial charge in [0.05, 0.1) is 11.3 Å². The molecule has 0 aliphatic carbocycles. The normalized spacial score (nSPS) is 10.5. The lowest BCUT2D eigenvalue weighted by Crippen LogP contribution is -2.10. The molecule has 0 saturated carbocycles. The molecule has 0 unspecified atom stereocenters. The first-order valence-electron chi connectivity index (χ1n) is 4.92. The lowest BCUT2D eigenvalue weighted by atomic mass is 10.1. The van der Waals surface area contributed by atoms with E-state index in [-0.39, 0.29) is 11.3 Å². The van der Waals surface area contributed by atoms with Crippen molar-refractivity contribution in [3.05, 3.63) is 39.4 Å². The Bertz CT molecular complexity index is 481. The number of benzene rings is 1. The third-order valence-corrected chi connectivity index (χ3v) is 2.06. The predicted octanol–water partition coefficient (Wildman–Crippen LogP) is 1.63. The number of carbonyl (C=O) groups excluding carboxylic acids is 1. The highest BCUT2D eigenvalue weighted by molar-refractivity contribution is 5.99. The molecule has 0 aliphatic heterocycles. The van der Waals surface area contributed by atoms with Crippen molar-refractivity contribution < 1.29 is 9.72 Å². The van der Waals surface area contributed by atoms with Gasteiger partial charge in [0.1, 0.15) is 0 Å². The van der Waals surface area contributed by atoms with Gasteiger partial charge in [0, 0.05) is 31.3 Å². The van der Waals surface area contributed by atoms with Crippen molar-refractivity contribution in [2.75, 3.05) is 14.1 Å². The first kappa shape index (κ1) is 12.8. The topological polar surface area (TPSA) is 75.8 Å². The van der Waals surface area contributed by atoms with Crippen LogP contribution < -0.4 is 0 Å². The van der Waals surface area contributed by atoms with Crippen molar-refractivity contribution in [3.63, 3.8) is 0 Å². The molecular formula is C11H13N3O3. The number of rotatable bonds is 3. The summed E-state index contributed by atoms with van der Waals surface area (Å²) >= 11 is 0. The van der Waals surface area contributed by atoms with E-state index in [1.807, 2.05) is 0 Å². The van der Waals surface area contributed by atoms with Crippen molar-refractivity contribution in [2.24, 2.45) is 4.99 Å². The lowest BCUT2D eigenvalue weighted by molar-refractivity contribution is -0.385. The molecule has 0 spiro atoms. The molecule has 0 saturated heterocycles. The van der Waals surface area contributed by atoms with Crippen LogP contribution in [0.15, 0.2) is 23.2 Å². The summed E-state index contributed by atoms with van der Waals surface area (Å²) in [5.74, 6) is -0.498. The molecule has 1 rings (SSSR count). The molecule has 0 radical (unpaired) electrons. The van der Waals surface area contributed by atoms with E-state index >= 15 is 0 Å². The molecular weight excluding hydrogens is 222 g/mol. The average Bonchev–Trinajstić information content (AvgIpc) is 2.26. The van der Waals surface area contributed by atoms with Crippen LogP contribution in [0.5, 0.6) is 0 Å². The van der Waals surface area contributed by atoms with Crippen LogP contribution in [0.2, 0.25) is 0 Å². The quantitative estimate of drug-likeness (QED) is 0.345. The Labute approximate surface area is 98.7 Å². The molecule has 6 nitrogen and oxygen atoms in total. The molecule has 1 amide bonds. The van der Waals surface area contributed by atoms with Crippen molar-refractivity contribution in [3.8, 4) is 0 Å². The fourth-order valence-corrected chi connectivity index (χ4v) is 1.18. The molecule has 0 aliphatic rings. The number of nitro benzene ring substituents is 1. The second kappa shape index (κ2) is 5.20. The van der Waals surface area contributed by atoms with E-state index < -0.39 is 10.8 Å². The van der Waals surface area contributed by atoms with Gasteiger partial charge >= 0.3 is 0 Å². The van der Waals surface area contributed by atoms with E-state index in [1.165, 1.54) is 24.5 Å². The number of carbonyl (C=O) groups is 1. The standard InChI is InChI=1S/C11H13N3O3/c1-8-4-5-9(6-10(8)14(16)17)11(15)12-7-13(2)3/h4-7H,1-3H3/b12-7+. The Morgan fingerprint density at radius 2 is 2.12 bits per heavy atom. The fourth-order valence-electron chi connectivity index (χ4n) is 1.18. The zero-order chi connectivity index (χ0) is 13.0. The minimum Gasteiger partial charge on any atom is -0.369 e. The number of hydrogen-bond donors (Lipinski definition) is 0. The largest absolute Gasteiger partial charge is 0.369 e. The Morgan fingerprint density at radius 3 is 2.65 bits per heavy atom. The molecule has 90 valence electrons. The smallest absolute Gasteiger partial charge is 0.278 e. The Hall–Kier alpha value is -2.24. The first-order chi connectivity index (χ1) is 7.91. The molecule has 17 heavy (non-hydrogen) atoms. The van der Waals surface area contributed by atoms with Crippen molar-refractivity contribution in [1.82, 2.24) is 4.90 Å². The molecule has 1 aromatic rings. The van der Waals surface area contributed by atoms with Gasteiger partial charge in [-0.05, 0) is 13.0 Å². The third-order valence-electron chi connectivity index (χ3n) is 2.06. The van der Waals surface area contributed by atoms with Crippen LogP contribution in [-0.4, -0.2) is 36.2 Å². The monoisotopic (exact) mass is 235 g/mol. The maximum Gasteiger partial charge on any atom is 0.278 e. The van der Waals surface area contributed by atoms with Crippen LogP contribution in [-0.2, 0) is 0 Å². The van der Waals surface area contributed by atoms with Gasteiger partial charge in [0.2, 0.25) is 0 Å². The summed E-state index contributed by atoms with van der Waals surface area (Å²) in [5.41, 5.74) is 0.652. The number of nitro groups is 1. The number of hydrogen-bond acceptors (Lipinski definition) is 3. The number of aryl methyl sites for hydroxylation is 1. The van der Waals surface area contributed by atoms with Crippen LogP contribution in [0.25, 0.3) is 0 Å². The van der Waals surface area contributed by atoms with Gasteiger partial charge < -0.3 is 4.90 Å². The van der Waals surface area contributed by atoms with Gasteiger partial charge in [-0.25, -0.2) is 0 Å². The van der Waals surface area contributed by atoms with Crippen molar-refractivity contribution in [1.29, 1.82) is 0 Å². The second-order valence-corrected chi connectivity index (χ2v) is 3.77. The maximum atomic E-state index is 11.6. The van der Waals surface area contributed by atoms with Gasteiger partial charge in [0.25, 0.3) is 11.6 Å². The summed E-state index contributed by atoms with van der Waals surface area (Å²) < 4.78 is 0. The van der Waals surface area contributed by atoms with E-state index in [9.17, 15) is 14.9 Å². The van der Waals surface area contributed by atoms with Gasteiger partial charge in [-0.1, -0.05) is 6.07 Å². The zero-order valence-corrected chi connectivity index (χ0v) is 9.88. The van der Waals surface area contributed by atoms with E-state index in [2.05, 4.69) is 4.99 Å². The predicted molar refractivity (Wildman–Crippen MR) is 64.3 cm³/mol. The van der Waals surface area contributed by atoms with Crippen LogP contribution in [0, 0.1) is 17.0 Å². The molecule has 6 heteroatoms. The van der Waals surface area contributed by atoms with Crippen LogP contribution in [0.4, 0.5) is 5.69 Å². The SMILES string of the molecule is Cc1ccc(C(=O)/N=C/N(C)C)cc1[N+](=O)[O-]. The highest BCUT2D eigenvalue weighted by Gasteiger charge is 2.14. The average molecular weight is 235 g/mol. The Balaban J connectivity index is 3.04. The summed E-state index contributed by atoms with van der Waals surface area (Å²) in [7, 11) is 3.46. The molecule has 0 aromatic heterocycles. The molecule has 0 heterocycles. The first-order valence-corrected chi connectivity index (χ1v) is 4.92. The maximum absolute atomic E-state index is 11.6. The van der Waals surface area contributed by atoms with Crippen LogP contribution in [0.3, 0.4) is 0 Å². The number of amides is 1. The zero-order valence-electron chi connectivity index (χ0n) is 9.88. The van der Waals surface area contributed by atoms with E-state index in [0.717, 1.165) is 0 Å². The third kappa shape index (κ3) is 3.37. The second-order valence-electron chi connectivity index (χ2n) is 3.77. The van der Waals surface area contributed by atoms with Gasteiger partial charge in [-0.2, -0.15) is 4.99 Å². The molecule has 0 N–H and O–H groups in total. The van der Waals surface area contributed by atoms with Gasteiger partial charge in [-0.3, -0.25) is 14.9 Å². The number of nitrogens with zero attached hydrogens (tertiary/aromatic N) is 3. The minimum atomic E-state index is -0.512. The van der Waals surface area contributed by atoms with Crippen LogP contribution >= 0.6 is 0 Å². The van der Waals surface area contributed by atoms with Gasteiger partial charge in [-0.15, -0.1) is 0 Å². The summed E-state index contributed by atoms with van der Waals surface area (Å²) in [4.78, 5) is 27.1. The fraction of sp³-hybridized carbons (Fsp3) is 0.273. The van der Waals surface area contributed by atoms with E-state index in [4.69, 9.17) is 0 Å². The van der Waals surface area contributed by atoms with E-state index in [0.29, 0.717) is 5.56 Å². The summed E-state index contributed by atoms with van der Waals surface area (Å²) in [5, 5.41) is 10.7. The lowest BCUT2D eigenvalue weighted by Gasteiger charge is -2.02. The summed E-state index contributed by atoms with van der Waals surface area (Å²) in [6.07, 6.45) is 1.36. The van der Waals surface area contributed by atoms with Crippen molar-refractivity contribution in [2.45, 2.75) is 6.92 Å². The van der Waals surface area contributed by atoms with Crippen molar-refractivity contribution >= 4 is 17.9 Å². The number of aliphatic imine (C=N–C) groups is 1. The molecule has 0 bridgehead atoms. The summed E-state index contributed by atoms with van der Waals surface area (Å²) in [6.45, 7) is 1.62. The highest BCUT2D eigenvalue weighted by Crippen LogP contribution is 2.19. The summed E-state index contributed by atoms with van der Waals surface area (Å²) in [6, 6.07) is 4.30. The minimum absolute atomic E-state index is 0.0732. The van der Waals surface area contributed by atoms with E-state index in [1.54, 1.807) is 25.9 Å². The Kier molecular flexibility index (Phi) is 3.92.